The van der Waals surface area contributed by atoms with E-state index in [1.165, 1.54) is 5.56 Å². The summed E-state index contributed by atoms with van der Waals surface area (Å²) in [5, 5.41) is 3.89. The molecule has 0 unspecified atom stereocenters. The highest BCUT2D eigenvalue weighted by molar-refractivity contribution is 6.07. The summed E-state index contributed by atoms with van der Waals surface area (Å²) in [6.07, 6.45) is 3.16. The number of hydrogen-bond acceptors (Lipinski definition) is 3. The van der Waals surface area contributed by atoms with Crippen LogP contribution in [0.5, 0.6) is 0 Å². The zero-order chi connectivity index (χ0) is 14.1. The molecule has 2 heterocycles. The number of aromatic nitrogens is 1. The van der Waals surface area contributed by atoms with Crippen LogP contribution in [-0.2, 0) is 6.42 Å². The van der Waals surface area contributed by atoms with Crippen LogP contribution in [0.4, 0.5) is 5.69 Å². The van der Waals surface area contributed by atoms with Gasteiger partial charge in [0.15, 0.2) is 0 Å². The van der Waals surface area contributed by atoms with Gasteiger partial charge in [0.2, 0.25) is 0 Å². The quantitative estimate of drug-likeness (QED) is 0.799. The summed E-state index contributed by atoms with van der Waals surface area (Å²) in [6, 6.07) is 8.14. The third kappa shape index (κ3) is 2.11. The Labute approximate surface area is 118 Å². The normalized spacial score (nSPS) is 14.8. The van der Waals surface area contributed by atoms with Crippen LogP contribution in [0, 0.1) is 13.8 Å². The fraction of sp³-hybridized carbons (Fsp3) is 0.375. The van der Waals surface area contributed by atoms with E-state index in [9.17, 15) is 4.79 Å². The highest BCUT2D eigenvalue weighted by Gasteiger charge is 2.26. The van der Waals surface area contributed by atoms with Crippen molar-refractivity contribution in [3.05, 3.63) is 46.8 Å². The van der Waals surface area contributed by atoms with Gasteiger partial charge in [-0.1, -0.05) is 23.4 Å². The Bertz CT molecular complexity index is 626. The number of fused-ring (bicyclic) bond motifs is 1. The van der Waals surface area contributed by atoms with Crippen LogP contribution in [0.1, 0.15) is 40.2 Å². The lowest BCUT2D eigenvalue weighted by Crippen LogP contribution is -2.32. The molecule has 1 amide bonds. The topological polar surface area (TPSA) is 46.3 Å². The molecule has 4 nitrogen and oxygen atoms in total. The smallest absolute Gasteiger partial charge is 0.263 e. The van der Waals surface area contributed by atoms with Crippen molar-refractivity contribution in [3.8, 4) is 0 Å². The highest BCUT2D eigenvalue weighted by atomic mass is 16.5. The van der Waals surface area contributed by atoms with E-state index in [1.807, 2.05) is 30.0 Å². The number of carbonyl (C=O) groups is 1. The van der Waals surface area contributed by atoms with E-state index >= 15 is 0 Å². The van der Waals surface area contributed by atoms with E-state index in [0.29, 0.717) is 17.0 Å². The molecule has 0 aliphatic carbocycles. The highest BCUT2D eigenvalue weighted by Crippen LogP contribution is 2.28. The summed E-state index contributed by atoms with van der Waals surface area (Å²) >= 11 is 0. The van der Waals surface area contributed by atoms with Crippen molar-refractivity contribution in [2.75, 3.05) is 11.4 Å². The van der Waals surface area contributed by atoms with Crippen molar-refractivity contribution in [1.82, 2.24) is 5.16 Å². The van der Waals surface area contributed by atoms with Crippen molar-refractivity contribution >= 4 is 11.6 Å². The summed E-state index contributed by atoms with van der Waals surface area (Å²) in [5.74, 6) is 0.588. The maximum Gasteiger partial charge on any atom is 0.263 e. The van der Waals surface area contributed by atoms with Crippen molar-refractivity contribution in [3.63, 3.8) is 0 Å². The van der Waals surface area contributed by atoms with Crippen LogP contribution in [0.2, 0.25) is 0 Å². The minimum atomic E-state index is -0.00407. The molecule has 20 heavy (non-hydrogen) atoms. The van der Waals surface area contributed by atoms with E-state index in [4.69, 9.17) is 4.52 Å². The predicted octanol–water partition coefficient (Wildman–Crippen LogP) is 3.27. The predicted molar refractivity (Wildman–Crippen MR) is 77.0 cm³/mol. The number of aryl methyl sites for hydroxylation is 3. The third-order valence-electron chi connectivity index (χ3n) is 3.85. The van der Waals surface area contributed by atoms with Gasteiger partial charge in [-0.15, -0.1) is 0 Å². The molecule has 0 fully saturated rings. The van der Waals surface area contributed by atoms with Gasteiger partial charge in [0.05, 0.1) is 5.69 Å². The summed E-state index contributed by atoms with van der Waals surface area (Å²) in [4.78, 5) is 14.7. The maximum absolute atomic E-state index is 12.8. The first-order valence-corrected chi connectivity index (χ1v) is 7.01. The Morgan fingerprint density at radius 2 is 2.05 bits per heavy atom. The minimum Gasteiger partial charge on any atom is -0.361 e. The van der Waals surface area contributed by atoms with Crippen molar-refractivity contribution in [2.45, 2.75) is 33.1 Å². The van der Waals surface area contributed by atoms with Crippen LogP contribution in [0.3, 0.4) is 0 Å². The Balaban J connectivity index is 2.04. The van der Waals surface area contributed by atoms with Crippen LogP contribution in [0.15, 0.2) is 28.8 Å². The number of para-hydroxylation sites is 1. The van der Waals surface area contributed by atoms with Crippen molar-refractivity contribution in [1.29, 1.82) is 0 Å². The summed E-state index contributed by atoms with van der Waals surface area (Å²) in [7, 11) is 0. The standard InChI is InChI=1S/C16H18N2O2/c1-11-15(12(2)20-17-11)16(19)18-10-6-5-8-13-7-3-4-9-14(13)18/h3-4,7,9H,5-6,8,10H2,1-2H3. The molecule has 4 heteroatoms. The van der Waals surface area contributed by atoms with Crippen LogP contribution in [0.25, 0.3) is 0 Å². The zero-order valence-corrected chi connectivity index (χ0v) is 11.8. The zero-order valence-electron chi connectivity index (χ0n) is 11.8. The lowest BCUT2D eigenvalue weighted by molar-refractivity contribution is 0.0985. The molecule has 1 aromatic heterocycles. The van der Waals surface area contributed by atoms with E-state index < -0.39 is 0 Å². The SMILES string of the molecule is Cc1noc(C)c1C(=O)N1CCCCc2ccccc21. The third-order valence-corrected chi connectivity index (χ3v) is 3.85. The summed E-state index contributed by atoms with van der Waals surface area (Å²) < 4.78 is 5.13. The fourth-order valence-corrected chi connectivity index (χ4v) is 2.83. The first-order valence-electron chi connectivity index (χ1n) is 7.01. The molecule has 2 aromatic rings. The lowest BCUT2D eigenvalue weighted by Gasteiger charge is -2.22. The van der Waals surface area contributed by atoms with Crippen LogP contribution < -0.4 is 4.90 Å². The average Bonchev–Trinajstić information content (AvgIpc) is 2.67. The van der Waals surface area contributed by atoms with Gasteiger partial charge < -0.3 is 9.42 Å². The molecule has 0 N–H and O–H groups in total. The van der Waals surface area contributed by atoms with Crippen LogP contribution in [-0.4, -0.2) is 17.6 Å². The molecule has 1 aromatic carbocycles. The minimum absolute atomic E-state index is 0.00407. The Morgan fingerprint density at radius 1 is 1.25 bits per heavy atom. The fourth-order valence-electron chi connectivity index (χ4n) is 2.83. The van der Waals surface area contributed by atoms with Gasteiger partial charge in [0.25, 0.3) is 5.91 Å². The van der Waals surface area contributed by atoms with E-state index in [2.05, 4.69) is 11.2 Å². The Morgan fingerprint density at radius 3 is 2.80 bits per heavy atom. The molecular formula is C16H18N2O2. The van der Waals surface area contributed by atoms with Gasteiger partial charge in [0, 0.05) is 12.2 Å². The molecule has 1 aliphatic rings. The number of amides is 1. The molecule has 0 saturated carbocycles. The van der Waals surface area contributed by atoms with Crippen LogP contribution >= 0.6 is 0 Å². The molecule has 0 spiro atoms. The molecule has 0 radical (unpaired) electrons. The number of rotatable bonds is 1. The second kappa shape index (κ2) is 5.12. The van der Waals surface area contributed by atoms with Gasteiger partial charge >= 0.3 is 0 Å². The van der Waals surface area contributed by atoms with Gasteiger partial charge in [-0.3, -0.25) is 4.79 Å². The molecule has 0 atom stereocenters. The van der Waals surface area contributed by atoms with Crippen molar-refractivity contribution in [2.24, 2.45) is 0 Å². The first-order chi connectivity index (χ1) is 9.68. The number of carbonyl (C=O) groups excluding carboxylic acids is 1. The Hall–Kier alpha value is -2.10. The van der Waals surface area contributed by atoms with E-state index in [1.54, 1.807) is 6.92 Å². The largest absolute Gasteiger partial charge is 0.361 e. The molecule has 3 rings (SSSR count). The van der Waals surface area contributed by atoms with Gasteiger partial charge in [-0.05, 0) is 44.7 Å². The second-order valence-electron chi connectivity index (χ2n) is 5.24. The molecular weight excluding hydrogens is 252 g/mol. The number of anilines is 1. The van der Waals surface area contributed by atoms with E-state index in [0.717, 1.165) is 31.5 Å². The summed E-state index contributed by atoms with van der Waals surface area (Å²) in [5.41, 5.74) is 3.52. The second-order valence-corrected chi connectivity index (χ2v) is 5.24. The molecule has 1 aliphatic heterocycles. The number of benzene rings is 1. The molecule has 104 valence electrons. The van der Waals surface area contributed by atoms with E-state index in [-0.39, 0.29) is 5.91 Å². The average molecular weight is 270 g/mol. The maximum atomic E-state index is 12.8. The number of hydrogen-bond donors (Lipinski definition) is 0. The summed E-state index contributed by atoms with van der Waals surface area (Å²) in [6.45, 7) is 4.35. The van der Waals surface area contributed by atoms with Gasteiger partial charge in [0.1, 0.15) is 11.3 Å². The Kier molecular flexibility index (Phi) is 3.30. The first kappa shape index (κ1) is 12.9. The van der Waals surface area contributed by atoms with Gasteiger partial charge in [-0.2, -0.15) is 0 Å². The molecule has 0 bridgehead atoms. The van der Waals surface area contributed by atoms with Gasteiger partial charge in [-0.25, -0.2) is 0 Å². The monoisotopic (exact) mass is 270 g/mol. The molecule has 0 saturated heterocycles. The van der Waals surface area contributed by atoms with Crippen molar-refractivity contribution < 1.29 is 9.32 Å². The number of nitrogens with zero attached hydrogens (tertiary/aromatic N) is 2. The lowest BCUT2D eigenvalue weighted by atomic mass is 10.1.